The number of carboxylic acids is 1. The van der Waals surface area contributed by atoms with Crippen molar-refractivity contribution in [2.75, 3.05) is 13.7 Å². The molecule has 0 saturated carbocycles. The van der Waals surface area contributed by atoms with E-state index >= 15 is 0 Å². The molecule has 1 aliphatic heterocycles. The molecule has 0 aromatic rings. The van der Waals surface area contributed by atoms with Crippen LogP contribution in [0.5, 0.6) is 0 Å². The molecule has 1 heterocycles. The summed E-state index contributed by atoms with van der Waals surface area (Å²) in [4.78, 5) is 34.5. The van der Waals surface area contributed by atoms with Crippen molar-refractivity contribution in [1.82, 2.24) is 10.2 Å². The Bertz CT molecular complexity index is 343. The molecule has 3 amide bonds. The van der Waals surface area contributed by atoms with Crippen molar-refractivity contribution in [3.63, 3.8) is 0 Å². The third kappa shape index (κ3) is 1.85. The number of rotatable bonds is 4. The smallest absolute Gasteiger partial charge is 0.325 e. The summed E-state index contributed by atoms with van der Waals surface area (Å²) in [6.07, 6.45) is -0.539. The maximum atomic E-state index is 11.9. The zero-order valence-corrected chi connectivity index (χ0v) is 9.31. The van der Waals surface area contributed by atoms with Crippen LogP contribution in [0, 0.1) is 0 Å². The number of methoxy groups -OCH3 is 1. The lowest BCUT2D eigenvalue weighted by molar-refractivity contribution is -0.144. The van der Waals surface area contributed by atoms with Gasteiger partial charge in [0.2, 0.25) is 0 Å². The normalized spacial score (nSPS) is 26.8. The highest BCUT2D eigenvalue weighted by Crippen LogP contribution is 2.22. The zero-order chi connectivity index (χ0) is 12.5. The average Bonchev–Trinajstić information content (AvgIpc) is 2.41. The predicted molar refractivity (Wildman–Crippen MR) is 52.8 cm³/mol. The SMILES string of the molecule is COC(C)C1(C)NC(=O)N(CC(=O)O)C1=O. The van der Waals surface area contributed by atoms with Gasteiger partial charge in [-0.2, -0.15) is 0 Å². The number of hydrogen-bond acceptors (Lipinski definition) is 4. The van der Waals surface area contributed by atoms with E-state index in [-0.39, 0.29) is 0 Å². The minimum atomic E-state index is -1.24. The lowest BCUT2D eigenvalue weighted by Gasteiger charge is -2.27. The first-order chi connectivity index (χ1) is 7.32. The summed E-state index contributed by atoms with van der Waals surface area (Å²) in [5, 5.41) is 11.0. The second kappa shape index (κ2) is 4.09. The van der Waals surface area contributed by atoms with Crippen molar-refractivity contribution in [3.05, 3.63) is 0 Å². The summed E-state index contributed by atoms with van der Waals surface area (Å²) in [5.41, 5.74) is -1.21. The van der Waals surface area contributed by atoms with E-state index in [2.05, 4.69) is 5.32 Å². The maximum Gasteiger partial charge on any atom is 0.325 e. The van der Waals surface area contributed by atoms with Crippen LogP contribution in [0.15, 0.2) is 0 Å². The van der Waals surface area contributed by atoms with Crippen LogP contribution in [0.1, 0.15) is 13.8 Å². The summed E-state index contributed by atoms with van der Waals surface area (Å²) in [6, 6.07) is -0.709. The van der Waals surface area contributed by atoms with Gasteiger partial charge >= 0.3 is 12.0 Å². The fraction of sp³-hybridized carbons (Fsp3) is 0.667. The van der Waals surface area contributed by atoms with Crippen LogP contribution >= 0.6 is 0 Å². The quantitative estimate of drug-likeness (QED) is 0.630. The second-order valence-electron chi connectivity index (χ2n) is 3.80. The third-order valence-electron chi connectivity index (χ3n) is 2.76. The monoisotopic (exact) mass is 230 g/mol. The number of imide groups is 1. The van der Waals surface area contributed by atoms with Crippen molar-refractivity contribution < 1.29 is 24.2 Å². The van der Waals surface area contributed by atoms with Crippen LogP contribution in [0.3, 0.4) is 0 Å². The van der Waals surface area contributed by atoms with Crippen LogP contribution < -0.4 is 5.32 Å². The van der Waals surface area contributed by atoms with Gasteiger partial charge in [0, 0.05) is 7.11 Å². The molecule has 0 aliphatic carbocycles. The Labute approximate surface area is 92.4 Å². The number of nitrogens with zero attached hydrogens (tertiary/aromatic N) is 1. The van der Waals surface area contributed by atoms with Gasteiger partial charge in [0.25, 0.3) is 5.91 Å². The molecular formula is C9H14N2O5. The lowest BCUT2D eigenvalue weighted by atomic mass is 9.96. The number of carboxylic acid groups (broad SMARTS) is 1. The van der Waals surface area contributed by atoms with E-state index in [0.717, 1.165) is 0 Å². The Morgan fingerprint density at radius 3 is 2.62 bits per heavy atom. The summed E-state index contributed by atoms with van der Waals surface area (Å²) < 4.78 is 5.00. The first kappa shape index (κ1) is 12.4. The molecule has 7 nitrogen and oxygen atoms in total. The topological polar surface area (TPSA) is 95.9 Å². The first-order valence-corrected chi connectivity index (χ1v) is 4.71. The Morgan fingerprint density at radius 2 is 2.19 bits per heavy atom. The molecule has 90 valence electrons. The van der Waals surface area contributed by atoms with Gasteiger partial charge in [-0.1, -0.05) is 0 Å². The van der Waals surface area contributed by atoms with E-state index in [1.807, 2.05) is 0 Å². The molecule has 16 heavy (non-hydrogen) atoms. The molecule has 0 radical (unpaired) electrons. The lowest BCUT2D eigenvalue weighted by Crippen LogP contribution is -2.53. The van der Waals surface area contributed by atoms with Crippen LogP contribution in [-0.2, 0) is 14.3 Å². The van der Waals surface area contributed by atoms with Gasteiger partial charge in [-0.15, -0.1) is 0 Å². The highest BCUT2D eigenvalue weighted by molar-refractivity contribution is 6.08. The molecule has 2 unspecified atom stereocenters. The summed E-state index contributed by atoms with van der Waals surface area (Å²) in [5.74, 6) is -1.83. The number of aliphatic carboxylic acids is 1. The van der Waals surface area contributed by atoms with Crippen molar-refractivity contribution >= 4 is 17.9 Å². The number of amides is 3. The highest BCUT2D eigenvalue weighted by atomic mass is 16.5. The van der Waals surface area contributed by atoms with E-state index in [9.17, 15) is 14.4 Å². The van der Waals surface area contributed by atoms with E-state index in [1.54, 1.807) is 6.92 Å². The molecule has 2 N–H and O–H groups in total. The van der Waals surface area contributed by atoms with Gasteiger partial charge in [-0.25, -0.2) is 4.79 Å². The van der Waals surface area contributed by atoms with E-state index < -0.39 is 36.1 Å². The van der Waals surface area contributed by atoms with Crippen LogP contribution in [0.4, 0.5) is 4.79 Å². The van der Waals surface area contributed by atoms with Gasteiger partial charge in [0.15, 0.2) is 0 Å². The molecule has 0 aromatic carbocycles. The molecule has 1 saturated heterocycles. The second-order valence-corrected chi connectivity index (χ2v) is 3.80. The fourth-order valence-electron chi connectivity index (χ4n) is 1.51. The Morgan fingerprint density at radius 1 is 1.62 bits per heavy atom. The summed E-state index contributed by atoms with van der Waals surface area (Å²) in [6.45, 7) is 2.49. The maximum absolute atomic E-state index is 11.9. The summed E-state index contributed by atoms with van der Waals surface area (Å²) >= 11 is 0. The van der Waals surface area contributed by atoms with Gasteiger partial charge in [-0.05, 0) is 13.8 Å². The van der Waals surface area contributed by atoms with Gasteiger partial charge in [0.05, 0.1) is 6.10 Å². The number of hydrogen-bond donors (Lipinski definition) is 2. The minimum absolute atomic E-state index is 0.539. The zero-order valence-electron chi connectivity index (χ0n) is 9.31. The molecule has 2 atom stereocenters. The van der Waals surface area contributed by atoms with Crippen LogP contribution in [0.25, 0.3) is 0 Å². The average molecular weight is 230 g/mol. The van der Waals surface area contributed by atoms with Crippen LogP contribution in [-0.4, -0.2) is 53.2 Å². The standard InChI is InChI=1S/C9H14N2O5/c1-5(16-3)9(2)7(14)11(4-6(12)13)8(15)10-9/h5H,4H2,1-3H3,(H,10,15)(H,12,13). The number of urea groups is 1. The Hall–Kier alpha value is -1.63. The van der Waals surface area contributed by atoms with Crippen molar-refractivity contribution in [2.45, 2.75) is 25.5 Å². The van der Waals surface area contributed by atoms with Crippen molar-refractivity contribution in [1.29, 1.82) is 0 Å². The van der Waals surface area contributed by atoms with Crippen LogP contribution in [0.2, 0.25) is 0 Å². The predicted octanol–water partition coefficient (Wildman–Crippen LogP) is -0.584. The Balaban J connectivity index is 2.93. The minimum Gasteiger partial charge on any atom is -0.480 e. The fourth-order valence-corrected chi connectivity index (χ4v) is 1.51. The number of ether oxygens (including phenoxy) is 1. The molecule has 0 bridgehead atoms. The molecule has 0 spiro atoms. The van der Waals surface area contributed by atoms with Crippen molar-refractivity contribution in [3.8, 4) is 0 Å². The number of carbonyl (C=O) groups is 3. The third-order valence-corrected chi connectivity index (χ3v) is 2.76. The highest BCUT2D eigenvalue weighted by Gasteiger charge is 2.51. The summed E-state index contributed by atoms with van der Waals surface area (Å²) in [7, 11) is 1.41. The molecule has 1 aliphatic rings. The van der Waals surface area contributed by atoms with E-state index in [0.29, 0.717) is 4.90 Å². The van der Waals surface area contributed by atoms with Gasteiger partial charge in [-0.3, -0.25) is 14.5 Å². The van der Waals surface area contributed by atoms with Crippen molar-refractivity contribution in [2.24, 2.45) is 0 Å². The Kier molecular flexibility index (Phi) is 3.18. The number of carbonyl (C=O) groups excluding carboxylic acids is 2. The molecule has 1 fully saturated rings. The first-order valence-electron chi connectivity index (χ1n) is 4.71. The van der Waals surface area contributed by atoms with E-state index in [1.165, 1.54) is 14.0 Å². The molecule has 0 aromatic heterocycles. The number of nitrogens with one attached hydrogen (secondary N) is 1. The largest absolute Gasteiger partial charge is 0.480 e. The molecule has 1 rings (SSSR count). The van der Waals surface area contributed by atoms with Gasteiger partial charge < -0.3 is 15.2 Å². The van der Waals surface area contributed by atoms with E-state index in [4.69, 9.17) is 9.84 Å². The molecular weight excluding hydrogens is 216 g/mol. The molecule has 7 heteroatoms. The van der Waals surface area contributed by atoms with Gasteiger partial charge in [0.1, 0.15) is 12.1 Å².